The van der Waals surface area contributed by atoms with Crippen molar-refractivity contribution >= 4 is 18.3 Å². The smallest absolute Gasteiger partial charge is 0.233 e. The van der Waals surface area contributed by atoms with E-state index < -0.39 is 0 Å². The number of methoxy groups -OCH3 is 3. The van der Waals surface area contributed by atoms with Gasteiger partial charge in [0.2, 0.25) is 5.91 Å². The molecule has 0 radical (unpaired) electrons. The molecular formula is C13H21ClN2O4. The number of hydrogen-bond donors (Lipinski definition) is 2. The quantitative estimate of drug-likeness (QED) is 0.777. The van der Waals surface area contributed by atoms with Crippen molar-refractivity contribution in [3.63, 3.8) is 0 Å². The number of carbonyl (C=O) groups is 1. The molecule has 3 N–H and O–H groups in total. The minimum absolute atomic E-state index is 0. The maximum absolute atomic E-state index is 11.1. The minimum atomic E-state index is -0.188. The van der Waals surface area contributed by atoms with E-state index in [0.717, 1.165) is 5.56 Å². The fourth-order valence-corrected chi connectivity index (χ4v) is 1.72. The third-order valence-electron chi connectivity index (χ3n) is 2.70. The van der Waals surface area contributed by atoms with E-state index >= 15 is 0 Å². The van der Waals surface area contributed by atoms with Gasteiger partial charge in [0.15, 0.2) is 0 Å². The molecular weight excluding hydrogens is 284 g/mol. The first-order chi connectivity index (χ1) is 9.15. The topological polar surface area (TPSA) is 82.8 Å². The van der Waals surface area contributed by atoms with Crippen LogP contribution in [0.2, 0.25) is 0 Å². The summed E-state index contributed by atoms with van der Waals surface area (Å²) in [6, 6.07) is 3.56. The van der Waals surface area contributed by atoms with E-state index in [1.165, 1.54) is 0 Å². The first-order valence-electron chi connectivity index (χ1n) is 5.91. The van der Waals surface area contributed by atoms with Crippen LogP contribution in [0.25, 0.3) is 0 Å². The molecule has 0 aromatic heterocycles. The molecule has 20 heavy (non-hydrogen) atoms. The monoisotopic (exact) mass is 304 g/mol. The molecule has 0 aliphatic carbocycles. The van der Waals surface area contributed by atoms with E-state index in [0.29, 0.717) is 30.2 Å². The van der Waals surface area contributed by atoms with E-state index in [1.54, 1.807) is 33.5 Å². The predicted molar refractivity (Wildman–Crippen MR) is 79.1 cm³/mol. The van der Waals surface area contributed by atoms with Crippen molar-refractivity contribution in [3.8, 4) is 17.2 Å². The molecule has 0 heterocycles. The van der Waals surface area contributed by atoms with Gasteiger partial charge in [0.1, 0.15) is 17.2 Å². The van der Waals surface area contributed by atoms with E-state index in [2.05, 4.69) is 5.32 Å². The van der Waals surface area contributed by atoms with E-state index in [4.69, 9.17) is 19.9 Å². The first kappa shape index (κ1) is 18.3. The predicted octanol–water partition coefficient (Wildman–Crippen LogP) is 0.752. The SMILES string of the molecule is COc1cc(OC)c(CCNC(=O)CN)c(OC)c1.Cl. The third-order valence-corrected chi connectivity index (χ3v) is 2.70. The Morgan fingerprint density at radius 1 is 1.15 bits per heavy atom. The van der Waals surface area contributed by atoms with E-state index in [9.17, 15) is 4.79 Å². The molecule has 0 fully saturated rings. The minimum Gasteiger partial charge on any atom is -0.496 e. The lowest BCUT2D eigenvalue weighted by Gasteiger charge is -2.15. The number of benzene rings is 1. The highest BCUT2D eigenvalue weighted by Crippen LogP contribution is 2.34. The van der Waals surface area contributed by atoms with Crippen LogP contribution in [0.5, 0.6) is 17.2 Å². The standard InChI is InChI=1S/C13H20N2O4.ClH/c1-17-9-6-11(18-2)10(12(7-9)19-3)4-5-15-13(16)8-14;/h6-7H,4-5,8,14H2,1-3H3,(H,15,16);1H. The van der Waals surface area contributed by atoms with Crippen molar-refractivity contribution in [3.05, 3.63) is 17.7 Å². The number of halogens is 1. The number of carbonyl (C=O) groups excluding carboxylic acids is 1. The molecule has 0 bridgehead atoms. The molecule has 0 aliphatic heterocycles. The lowest BCUT2D eigenvalue weighted by Crippen LogP contribution is -2.31. The molecule has 0 saturated carbocycles. The van der Waals surface area contributed by atoms with Crippen molar-refractivity contribution in [1.29, 1.82) is 0 Å². The zero-order valence-corrected chi connectivity index (χ0v) is 12.7. The van der Waals surface area contributed by atoms with Gasteiger partial charge in [-0.15, -0.1) is 12.4 Å². The molecule has 1 aromatic rings. The lowest BCUT2D eigenvalue weighted by molar-refractivity contribution is -0.119. The van der Waals surface area contributed by atoms with E-state index in [1.807, 2.05) is 0 Å². The molecule has 1 amide bonds. The van der Waals surface area contributed by atoms with Gasteiger partial charge in [-0.3, -0.25) is 4.79 Å². The fraction of sp³-hybridized carbons (Fsp3) is 0.462. The second-order valence-electron chi connectivity index (χ2n) is 3.81. The van der Waals surface area contributed by atoms with Crippen LogP contribution in [0.4, 0.5) is 0 Å². The highest BCUT2D eigenvalue weighted by atomic mass is 35.5. The van der Waals surface area contributed by atoms with Gasteiger partial charge in [-0.25, -0.2) is 0 Å². The summed E-state index contributed by atoms with van der Waals surface area (Å²) in [7, 11) is 4.74. The largest absolute Gasteiger partial charge is 0.496 e. The highest BCUT2D eigenvalue weighted by molar-refractivity contribution is 5.85. The van der Waals surface area contributed by atoms with E-state index in [-0.39, 0.29) is 24.9 Å². The van der Waals surface area contributed by atoms with Crippen LogP contribution in [-0.4, -0.2) is 40.3 Å². The van der Waals surface area contributed by atoms with Crippen LogP contribution in [0, 0.1) is 0 Å². The number of amides is 1. The molecule has 0 unspecified atom stereocenters. The Morgan fingerprint density at radius 3 is 2.10 bits per heavy atom. The first-order valence-corrected chi connectivity index (χ1v) is 5.91. The second kappa shape index (κ2) is 9.28. The van der Waals surface area contributed by atoms with Gasteiger partial charge >= 0.3 is 0 Å². The van der Waals surface area contributed by atoms with Crippen LogP contribution >= 0.6 is 12.4 Å². The number of rotatable bonds is 7. The molecule has 1 rings (SSSR count). The fourth-order valence-electron chi connectivity index (χ4n) is 1.72. The summed E-state index contributed by atoms with van der Waals surface area (Å²) >= 11 is 0. The number of nitrogens with two attached hydrogens (primary N) is 1. The van der Waals surface area contributed by atoms with Crippen molar-refractivity contribution < 1.29 is 19.0 Å². The summed E-state index contributed by atoms with van der Waals surface area (Å²) in [6.45, 7) is 0.450. The van der Waals surface area contributed by atoms with Crippen molar-refractivity contribution in [1.82, 2.24) is 5.32 Å². The normalized spacial score (nSPS) is 9.40. The van der Waals surface area contributed by atoms with Crippen LogP contribution in [-0.2, 0) is 11.2 Å². The summed E-state index contributed by atoms with van der Waals surface area (Å²) < 4.78 is 15.8. The highest BCUT2D eigenvalue weighted by Gasteiger charge is 2.13. The van der Waals surface area contributed by atoms with Gasteiger partial charge in [0, 0.05) is 24.2 Å². The molecule has 0 saturated heterocycles. The zero-order valence-electron chi connectivity index (χ0n) is 11.9. The average molecular weight is 305 g/mol. The lowest BCUT2D eigenvalue weighted by atomic mass is 10.1. The van der Waals surface area contributed by atoms with Gasteiger partial charge in [0.05, 0.1) is 27.9 Å². The molecule has 0 spiro atoms. The van der Waals surface area contributed by atoms with Gasteiger partial charge in [0.25, 0.3) is 0 Å². The molecule has 114 valence electrons. The summed E-state index contributed by atoms with van der Waals surface area (Å²) in [6.07, 6.45) is 0.585. The Hall–Kier alpha value is -1.66. The van der Waals surface area contributed by atoms with Crippen LogP contribution in [0.15, 0.2) is 12.1 Å². The maximum Gasteiger partial charge on any atom is 0.233 e. The van der Waals surface area contributed by atoms with Crippen molar-refractivity contribution in [2.45, 2.75) is 6.42 Å². The molecule has 6 nitrogen and oxygen atoms in total. The Morgan fingerprint density at radius 2 is 1.70 bits per heavy atom. The average Bonchev–Trinajstić information content (AvgIpc) is 2.46. The van der Waals surface area contributed by atoms with Gasteiger partial charge < -0.3 is 25.3 Å². The van der Waals surface area contributed by atoms with Gasteiger partial charge in [-0.1, -0.05) is 0 Å². The summed E-state index contributed by atoms with van der Waals surface area (Å²) in [5.41, 5.74) is 6.10. The summed E-state index contributed by atoms with van der Waals surface area (Å²) in [4.78, 5) is 11.1. The van der Waals surface area contributed by atoms with Gasteiger partial charge in [-0.2, -0.15) is 0 Å². The third kappa shape index (κ3) is 4.79. The summed E-state index contributed by atoms with van der Waals surface area (Å²) in [5.74, 6) is 1.80. The molecule has 0 aliphatic rings. The summed E-state index contributed by atoms with van der Waals surface area (Å²) in [5, 5.41) is 2.71. The Bertz CT molecular complexity index is 415. The van der Waals surface area contributed by atoms with Crippen LogP contribution in [0.1, 0.15) is 5.56 Å². The molecule has 1 aromatic carbocycles. The maximum atomic E-state index is 11.1. The number of ether oxygens (including phenoxy) is 3. The second-order valence-corrected chi connectivity index (χ2v) is 3.81. The van der Waals surface area contributed by atoms with Crippen LogP contribution in [0.3, 0.4) is 0 Å². The Balaban J connectivity index is 0.00000361. The molecule has 7 heteroatoms. The Kier molecular flexibility index (Phi) is 8.51. The van der Waals surface area contributed by atoms with Crippen molar-refractivity contribution in [2.75, 3.05) is 34.4 Å². The van der Waals surface area contributed by atoms with Gasteiger partial charge in [-0.05, 0) is 6.42 Å². The Labute approximate surface area is 125 Å². The number of hydrogen-bond acceptors (Lipinski definition) is 5. The number of nitrogens with one attached hydrogen (secondary N) is 1. The zero-order chi connectivity index (χ0) is 14.3. The molecule has 0 atom stereocenters. The van der Waals surface area contributed by atoms with Crippen LogP contribution < -0.4 is 25.3 Å². The van der Waals surface area contributed by atoms with Crippen molar-refractivity contribution in [2.24, 2.45) is 5.73 Å².